The Bertz CT molecular complexity index is 368. The van der Waals surface area contributed by atoms with E-state index in [1.807, 2.05) is 17.3 Å². The molecule has 1 aliphatic rings. The minimum atomic E-state index is 0.114. The van der Waals surface area contributed by atoms with Crippen molar-refractivity contribution in [3.63, 3.8) is 0 Å². The Morgan fingerprint density at radius 2 is 2.28 bits per heavy atom. The molecule has 0 aliphatic carbocycles. The van der Waals surface area contributed by atoms with Crippen molar-refractivity contribution in [1.29, 1.82) is 0 Å². The Kier molecular flexibility index (Phi) is 4.19. The molecule has 0 radical (unpaired) electrons. The average molecular weight is 251 g/mol. The normalized spacial score (nSPS) is 16.9. The average Bonchev–Trinajstić information content (AvgIpc) is 2.89. The zero-order valence-electron chi connectivity index (χ0n) is 11.0. The molecule has 1 aliphatic heterocycles. The van der Waals surface area contributed by atoms with Gasteiger partial charge in [0.25, 0.3) is 0 Å². The van der Waals surface area contributed by atoms with Crippen LogP contribution in [0, 0.1) is 0 Å². The molecule has 2 rings (SSSR count). The molecule has 0 unspecified atom stereocenters. The minimum absolute atomic E-state index is 0.114. The van der Waals surface area contributed by atoms with Gasteiger partial charge in [-0.05, 0) is 12.8 Å². The van der Waals surface area contributed by atoms with Crippen LogP contribution >= 0.6 is 0 Å². The zero-order chi connectivity index (χ0) is 13.0. The van der Waals surface area contributed by atoms with Crippen molar-refractivity contribution in [1.82, 2.24) is 25.3 Å². The summed E-state index contributed by atoms with van der Waals surface area (Å²) < 4.78 is 0. The molecule has 18 heavy (non-hydrogen) atoms. The second-order valence-electron chi connectivity index (χ2n) is 4.93. The first-order chi connectivity index (χ1) is 8.66. The Balaban J connectivity index is 1.72. The Labute approximate surface area is 107 Å². The van der Waals surface area contributed by atoms with Gasteiger partial charge >= 0.3 is 6.03 Å². The second kappa shape index (κ2) is 5.86. The predicted octanol–water partition coefficient (Wildman–Crippen LogP) is 0.645. The summed E-state index contributed by atoms with van der Waals surface area (Å²) in [7, 11) is 3.59. The third-order valence-electron chi connectivity index (χ3n) is 3.30. The van der Waals surface area contributed by atoms with Crippen molar-refractivity contribution < 1.29 is 4.79 Å². The van der Waals surface area contributed by atoms with E-state index in [0.29, 0.717) is 6.04 Å². The van der Waals surface area contributed by atoms with Crippen LogP contribution in [0.1, 0.15) is 18.4 Å². The largest absolute Gasteiger partial charge is 0.331 e. The topological polar surface area (TPSA) is 64.3 Å². The standard InChI is InChI=1S/C12H21N5O/c1-16(2)12(18)17-5-3-11(4-6-17)13-7-10-8-14-15-9-10/h8-9,11,13H,3-7H2,1-2H3,(H,14,15). The fraction of sp³-hybridized carbons (Fsp3) is 0.667. The Morgan fingerprint density at radius 3 is 2.83 bits per heavy atom. The maximum Gasteiger partial charge on any atom is 0.319 e. The molecule has 6 heteroatoms. The number of likely N-dealkylation sites (tertiary alicyclic amines) is 1. The van der Waals surface area contributed by atoms with Crippen molar-refractivity contribution in [2.24, 2.45) is 0 Å². The molecule has 0 bridgehead atoms. The Hall–Kier alpha value is -1.56. The number of amides is 2. The zero-order valence-corrected chi connectivity index (χ0v) is 11.0. The number of carbonyl (C=O) groups excluding carboxylic acids is 1. The van der Waals surface area contributed by atoms with Crippen LogP contribution in [0.3, 0.4) is 0 Å². The van der Waals surface area contributed by atoms with E-state index < -0.39 is 0 Å². The van der Waals surface area contributed by atoms with Gasteiger partial charge in [-0.1, -0.05) is 0 Å². The number of H-pyrrole nitrogens is 1. The number of carbonyl (C=O) groups is 1. The molecule has 1 aromatic heterocycles. The van der Waals surface area contributed by atoms with Gasteiger partial charge in [0.15, 0.2) is 0 Å². The summed E-state index contributed by atoms with van der Waals surface area (Å²) in [4.78, 5) is 15.3. The highest BCUT2D eigenvalue weighted by Crippen LogP contribution is 2.12. The van der Waals surface area contributed by atoms with Crippen LogP contribution in [-0.2, 0) is 6.54 Å². The number of aromatic amines is 1. The molecule has 0 saturated carbocycles. The maximum absolute atomic E-state index is 11.8. The van der Waals surface area contributed by atoms with Crippen LogP contribution < -0.4 is 5.32 Å². The molecule has 1 aromatic rings. The number of nitrogens with one attached hydrogen (secondary N) is 2. The van der Waals surface area contributed by atoms with Crippen LogP contribution in [0.25, 0.3) is 0 Å². The van der Waals surface area contributed by atoms with Gasteiger partial charge in [-0.25, -0.2) is 4.79 Å². The first kappa shape index (κ1) is 12.9. The lowest BCUT2D eigenvalue weighted by atomic mass is 10.1. The van der Waals surface area contributed by atoms with Crippen molar-refractivity contribution in [3.8, 4) is 0 Å². The van der Waals surface area contributed by atoms with Gasteiger partial charge in [0.2, 0.25) is 0 Å². The molecule has 2 heterocycles. The first-order valence-electron chi connectivity index (χ1n) is 6.34. The number of nitrogens with zero attached hydrogens (tertiary/aromatic N) is 3. The van der Waals surface area contributed by atoms with Gasteiger partial charge in [-0.2, -0.15) is 5.10 Å². The molecule has 2 N–H and O–H groups in total. The summed E-state index contributed by atoms with van der Waals surface area (Å²) >= 11 is 0. The molecule has 1 fully saturated rings. The van der Waals surface area contributed by atoms with E-state index in [0.717, 1.165) is 32.5 Å². The number of rotatable bonds is 3. The molecular formula is C12H21N5O. The maximum atomic E-state index is 11.8. The number of hydrogen-bond acceptors (Lipinski definition) is 3. The predicted molar refractivity (Wildman–Crippen MR) is 69.1 cm³/mol. The van der Waals surface area contributed by atoms with Crippen molar-refractivity contribution in [2.75, 3.05) is 27.2 Å². The van der Waals surface area contributed by atoms with Crippen LogP contribution in [0.5, 0.6) is 0 Å². The lowest BCUT2D eigenvalue weighted by Crippen LogP contribution is -2.47. The lowest BCUT2D eigenvalue weighted by Gasteiger charge is -2.34. The third kappa shape index (κ3) is 3.22. The highest BCUT2D eigenvalue weighted by atomic mass is 16.2. The molecule has 0 atom stereocenters. The molecule has 0 spiro atoms. The number of hydrogen-bond donors (Lipinski definition) is 2. The van der Waals surface area contributed by atoms with Crippen LogP contribution in [-0.4, -0.2) is 59.3 Å². The van der Waals surface area contributed by atoms with Crippen molar-refractivity contribution >= 4 is 6.03 Å². The molecule has 0 aromatic carbocycles. The van der Waals surface area contributed by atoms with Gasteiger partial charge in [-0.15, -0.1) is 0 Å². The van der Waals surface area contributed by atoms with E-state index in [1.54, 1.807) is 19.0 Å². The summed E-state index contributed by atoms with van der Waals surface area (Å²) in [6.45, 7) is 2.50. The molecule has 1 saturated heterocycles. The molecular weight excluding hydrogens is 230 g/mol. The molecule has 100 valence electrons. The molecule has 6 nitrogen and oxygen atoms in total. The second-order valence-corrected chi connectivity index (χ2v) is 4.93. The Morgan fingerprint density at radius 1 is 1.56 bits per heavy atom. The number of piperidine rings is 1. The summed E-state index contributed by atoms with van der Waals surface area (Å²) in [5.41, 5.74) is 1.17. The van der Waals surface area contributed by atoms with Crippen LogP contribution in [0.4, 0.5) is 4.79 Å². The first-order valence-corrected chi connectivity index (χ1v) is 6.34. The monoisotopic (exact) mass is 251 g/mol. The minimum Gasteiger partial charge on any atom is -0.331 e. The SMILES string of the molecule is CN(C)C(=O)N1CCC(NCc2cn[nH]c2)CC1. The van der Waals surface area contributed by atoms with Gasteiger partial charge in [0, 0.05) is 51.5 Å². The lowest BCUT2D eigenvalue weighted by molar-refractivity contribution is 0.152. The van der Waals surface area contributed by atoms with Crippen molar-refractivity contribution in [2.45, 2.75) is 25.4 Å². The quantitative estimate of drug-likeness (QED) is 0.829. The van der Waals surface area contributed by atoms with Crippen molar-refractivity contribution in [3.05, 3.63) is 18.0 Å². The van der Waals surface area contributed by atoms with E-state index in [2.05, 4.69) is 15.5 Å². The van der Waals surface area contributed by atoms with Gasteiger partial charge in [0.1, 0.15) is 0 Å². The van der Waals surface area contributed by atoms with E-state index in [9.17, 15) is 4.79 Å². The highest BCUT2D eigenvalue weighted by Gasteiger charge is 2.23. The van der Waals surface area contributed by atoms with Crippen LogP contribution in [0.2, 0.25) is 0 Å². The van der Waals surface area contributed by atoms with Crippen LogP contribution in [0.15, 0.2) is 12.4 Å². The van der Waals surface area contributed by atoms with Gasteiger partial charge in [0.05, 0.1) is 6.20 Å². The summed E-state index contributed by atoms with van der Waals surface area (Å²) in [6.07, 6.45) is 5.75. The third-order valence-corrected chi connectivity index (χ3v) is 3.30. The fourth-order valence-electron chi connectivity index (χ4n) is 2.19. The number of urea groups is 1. The summed E-state index contributed by atoms with van der Waals surface area (Å²) in [6, 6.07) is 0.606. The van der Waals surface area contributed by atoms with E-state index >= 15 is 0 Å². The fourth-order valence-corrected chi connectivity index (χ4v) is 2.19. The number of aromatic nitrogens is 2. The molecule has 2 amide bonds. The highest BCUT2D eigenvalue weighted by molar-refractivity contribution is 5.73. The van der Waals surface area contributed by atoms with Gasteiger partial charge < -0.3 is 15.1 Å². The summed E-state index contributed by atoms with van der Waals surface area (Å²) in [5, 5.41) is 10.2. The van der Waals surface area contributed by atoms with E-state index in [4.69, 9.17) is 0 Å². The van der Waals surface area contributed by atoms with E-state index in [-0.39, 0.29) is 6.03 Å². The van der Waals surface area contributed by atoms with E-state index in [1.165, 1.54) is 5.56 Å². The smallest absolute Gasteiger partial charge is 0.319 e. The van der Waals surface area contributed by atoms with Gasteiger partial charge in [-0.3, -0.25) is 5.10 Å². The summed E-state index contributed by atoms with van der Waals surface area (Å²) in [5.74, 6) is 0.